The number of nitrogens with one attached hydrogen (secondary N) is 1. The molecule has 1 aliphatic heterocycles. The lowest BCUT2D eigenvalue weighted by Crippen LogP contribution is -2.41. The van der Waals surface area contributed by atoms with Crippen molar-refractivity contribution in [3.05, 3.63) is 0 Å². The maximum Gasteiger partial charge on any atom is 0.234 e. The molecule has 1 heterocycles. The van der Waals surface area contributed by atoms with Crippen LogP contribution in [0.2, 0.25) is 0 Å². The molecule has 2 fully saturated rings. The zero-order valence-corrected chi connectivity index (χ0v) is 12.2. The zero-order chi connectivity index (χ0) is 12.4. The molecule has 3 N–H and O–H groups in total. The van der Waals surface area contributed by atoms with Crippen molar-refractivity contribution in [2.75, 3.05) is 19.6 Å². The number of fused-ring (bicyclic) bond motifs is 1. The molecule has 2 aliphatic rings. The van der Waals surface area contributed by atoms with E-state index in [1.54, 1.807) is 0 Å². The third-order valence-corrected chi connectivity index (χ3v) is 4.37. The molecule has 0 spiro atoms. The van der Waals surface area contributed by atoms with Crippen molar-refractivity contribution >= 4 is 18.3 Å². The van der Waals surface area contributed by atoms with Gasteiger partial charge in [-0.1, -0.05) is 6.92 Å². The Morgan fingerprint density at radius 2 is 2.17 bits per heavy atom. The van der Waals surface area contributed by atoms with Gasteiger partial charge in [-0.2, -0.15) is 0 Å². The molecule has 4 unspecified atom stereocenters. The molecule has 5 heteroatoms. The van der Waals surface area contributed by atoms with Crippen LogP contribution >= 0.6 is 12.4 Å². The summed E-state index contributed by atoms with van der Waals surface area (Å²) >= 11 is 0. The van der Waals surface area contributed by atoms with Gasteiger partial charge in [-0.15, -0.1) is 12.4 Å². The van der Waals surface area contributed by atoms with E-state index in [1.807, 2.05) is 6.92 Å². The minimum atomic E-state index is 0. The molecule has 0 aromatic carbocycles. The molecular weight excluding hydrogens is 250 g/mol. The third kappa shape index (κ3) is 3.59. The van der Waals surface area contributed by atoms with Crippen LogP contribution in [0.15, 0.2) is 0 Å². The topological polar surface area (TPSA) is 58.4 Å². The van der Waals surface area contributed by atoms with Crippen LogP contribution in [0.3, 0.4) is 0 Å². The molecule has 0 aromatic heterocycles. The van der Waals surface area contributed by atoms with Crippen molar-refractivity contribution in [2.45, 2.75) is 45.2 Å². The van der Waals surface area contributed by atoms with Crippen LogP contribution < -0.4 is 11.1 Å². The first-order chi connectivity index (χ1) is 8.10. The number of halogens is 1. The fourth-order valence-electron chi connectivity index (χ4n) is 3.15. The monoisotopic (exact) mass is 275 g/mol. The van der Waals surface area contributed by atoms with Gasteiger partial charge in [0.1, 0.15) is 0 Å². The van der Waals surface area contributed by atoms with Crippen LogP contribution in [0.1, 0.15) is 33.1 Å². The largest absolute Gasteiger partial charge is 0.353 e. The highest BCUT2D eigenvalue weighted by molar-refractivity contribution is 5.85. The number of likely N-dealkylation sites (tertiary alicyclic amines) is 1. The molecule has 1 aliphatic carbocycles. The lowest BCUT2D eigenvalue weighted by atomic mass is 9.98. The van der Waals surface area contributed by atoms with Gasteiger partial charge in [0.15, 0.2) is 0 Å². The predicted molar refractivity (Wildman–Crippen MR) is 75.8 cm³/mol. The number of amides is 1. The highest BCUT2D eigenvalue weighted by atomic mass is 35.5. The zero-order valence-electron chi connectivity index (χ0n) is 11.4. The lowest BCUT2D eigenvalue weighted by molar-refractivity contribution is -0.122. The van der Waals surface area contributed by atoms with Gasteiger partial charge >= 0.3 is 0 Å². The maximum absolute atomic E-state index is 11.8. The average molecular weight is 276 g/mol. The summed E-state index contributed by atoms with van der Waals surface area (Å²) in [5.41, 5.74) is 6.09. The first-order valence-electron chi connectivity index (χ1n) is 6.87. The van der Waals surface area contributed by atoms with E-state index in [0.29, 0.717) is 18.5 Å². The quantitative estimate of drug-likeness (QED) is 0.805. The van der Waals surface area contributed by atoms with Gasteiger partial charge < -0.3 is 11.1 Å². The van der Waals surface area contributed by atoms with E-state index < -0.39 is 0 Å². The smallest absolute Gasteiger partial charge is 0.234 e. The first kappa shape index (κ1) is 15.7. The summed E-state index contributed by atoms with van der Waals surface area (Å²) in [7, 11) is 0. The van der Waals surface area contributed by atoms with Crippen molar-refractivity contribution in [1.82, 2.24) is 10.2 Å². The Morgan fingerprint density at radius 1 is 1.44 bits per heavy atom. The summed E-state index contributed by atoms with van der Waals surface area (Å²) in [5.74, 6) is 1.53. The average Bonchev–Trinajstić information content (AvgIpc) is 2.81. The normalized spacial score (nSPS) is 32.7. The molecule has 2 rings (SSSR count). The summed E-state index contributed by atoms with van der Waals surface area (Å²) in [6, 6.07) is 0.648. The van der Waals surface area contributed by atoms with Gasteiger partial charge in [0.05, 0.1) is 6.54 Å². The number of carbonyl (C=O) groups is 1. The Hall–Kier alpha value is -0.320. The van der Waals surface area contributed by atoms with Gasteiger partial charge in [0, 0.05) is 25.2 Å². The molecule has 18 heavy (non-hydrogen) atoms. The number of nitrogens with two attached hydrogens (primary N) is 1. The Labute approximate surface area is 116 Å². The number of rotatable bonds is 4. The summed E-state index contributed by atoms with van der Waals surface area (Å²) in [6.07, 6.45) is 3.40. The highest BCUT2D eigenvalue weighted by Crippen LogP contribution is 2.36. The van der Waals surface area contributed by atoms with E-state index >= 15 is 0 Å². The first-order valence-corrected chi connectivity index (χ1v) is 6.87. The van der Waals surface area contributed by atoms with E-state index in [1.165, 1.54) is 12.8 Å². The van der Waals surface area contributed by atoms with Crippen molar-refractivity contribution < 1.29 is 4.79 Å². The van der Waals surface area contributed by atoms with E-state index in [2.05, 4.69) is 17.1 Å². The second-order valence-electron chi connectivity index (χ2n) is 5.74. The van der Waals surface area contributed by atoms with Crippen LogP contribution in [0.5, 0.6) is 0 Å². The molecule has 106 valence electrons. The summed E-state index contributed by atoms with van der Waals surface area (Å²) in [6.45, 7) is 6.76. The SMILES string of the molecule is CCC(C)NC(=O)CN1CC2CCC(N)C2C1.Cl. The summed E-state index contributed by atoms with van der Waals surface area (Å²) in [5, 5.41) is 3.02. The Kier molecular flexibility index (Phi) is 5.89. The van der Waals surface area contributed by atoms with Crippen molar-refractivity contribution in [1.29, 1.82) is 0 Å². The molecule has 1 saturated carbocycles. The fraction of sp³-hybridized carbons (Fsp3) is 0.923. The second-order valence-corrected chi connectivity index (χ2v) is 5.74. The van der Waals surface area contributed by atoms with E-state index in [9.17, 15) is 4.79 Å². The molecule has 0 bridgehead atoms. The number of carbonyl (C=O) groups excluding carboxylic acids is 1. The van der Waals surface area contributed by atoms with Crippen LogP contribution in [0.4, 0.5) is 0 Å². The van der Waals surface area contributed by atoms with Crippen LogP contribution in [-0.4, -0.2) is 42.5 Å². The molecule has 4 nitrogen and oxygen atoms in total. The Balaban J connectivity index is 0.00000162. The van der Waals surface area contributed by atoms with Gasteiger partial charge in [-0.05, 0) is 38.0 Å². The van der Waals surface area contributed by atoms with E-state index in [4.69, 9.17) is 5.73 Å². The third-order valence-electron chi connectivity index (χ3n) is 4.37. The molecule has 1 saturated heterocycles. The molecule has 0 radical (unpaired) electrons. The van der Waals surface area contributed by atoms with Crippen LogP contribution in [-0.2, 0) is 4.79 Å². The van der Waals surface area contributed by atoms with E-state index in [0.717, 1.165) is 25.4 Å². The van der Waals surface area contributed by atoms with Crippen LogP contribution in [0, 0.1) is 11.8 Å². The maximum atomic E-state index is 11.8. The predicted octanol–water partition coefficient (Wildman–Crippen LogP) is 0.992. The fourth-order valence-corrected chi connectivity index (χ4v) is 3.15. The molecule has 1 amide bonds. The molecule has 4 atom stereocenters. The standard InChI is InChI=1S/C13H25N3O.ClH/c1-3-9(2)15-13(17)8-16-6-10-4-5-12(14)11(10)7-16;/h9-12H,3-8,14H2,1-2H3,(H,15,17);1H. The number of nitrogens with zero attached hydrogens (tertiary/aromatic N) is 1. The molecule has 0 aromatic rings. The number of hydrogen-bond acceptors (Lipinski definition) is 3. The van der Waals surface area contributed by atoms with Gasteiger partial charge in [0.2, 0.25) is 5.91 Å². The minimum Gasteiger partial charge on any atom is -0.353 e. The van der Waals surface area contributed by atoms with Crippen molar-refractivity contribution in [3.63, 3.8) is 0 Å². The van der Waals surface area contributed by atoms with Crippen LogP contribution in [0.25, 0.3) is 0 Å². The van der Waals surface area contributed by atoms with Crippen molar-refractivity contribution in [2.24, 2.45) is 17.6 Å². The van der Waals surface area contributed by atoms with Gasteiger partial charge in [0.25, 0.3) is 0 Å². The van der Waals surface area contributed by atoms with Gasteiger partial charge in [-0.3, -0.25) is 9.69 Å². The molecular formula is C13H26ClN3O. The minimum absolute atomic E-state index is 0. The summed E-state index contributed by atoms with van der Waals surface area (Å²) < 4.78 is 0. The van der Waals surface area contributed by atoms with E-state index in [-0.39, 0.29) is 24.4 Å². The highest BCUT2D eigenvalue weighted by Gasteiger charge is 2.41. The second kappa shape index (κ2) is 6.73. The van der Waals surface area contributed by atoms with Crippen molar-refractivity contribution in [3.8, 4) is 0 Å². The van der Waals surface area contributed by atoms with Gasteiger partial charge in [-0.25, -0.2) is 0 Å². The Bertz CT molecular complexity index is 287. The number of hydrogen-bond donors (Lipinski definition) is 2. The summed E-state index contributed by atoms with van der Waals surface area (Å²) in [4.78, 5) is 14.1. The lowest BCUT2D eigenvalue weighted by Gasteiger charge is -2.19. The Morgan fingerprint density at radius 3 is 2.78 bits per heavy atom.